The van der Waals surface area contributed by atoms with Crippen LogP contribution in [0.5, 0.6) is 0 Å². The number of rotatable bonds is 8. The lowest BCUT2D eigenvalue weighted by atomic mass is 9.79. The fourth-order valence-corrected chi connectivity index (χ4v) is 8.17. The van der Waals surface area contributed by atoms with Gasteiger partial charge in [0.25, 0.3) is 5.92 Å². The molecule has 0 amide bonds. The molecule has 1 aliphatic carbocycles. The molecule has 0 radical (unpaired) electrons. The first kappa shape index (κ1) is 40.2. The topological polar surface area (TPSA) is 43.4 Å². The molecule has 6 aromatic carbocycles. The average molecular weight is 803 g/mol. The maximum Gasteiger partial charge on any atom is 0.494 e. The average Bonchev–Trinajstić information content (AvgIpc) is 3.70. The molecule has 60 heavy (non-hydrogen) atoms. The lowest BCUT2D eigenvalue weighted by molar-refractivity contribution is 0.00578. The smallest absolute Gasteiger partial charge is 0.399 e. The van der Waals surface area contributed by atoms with Gasteiger partial charge in [-0.2, -0.15) is 8.78 Å². The van der Waals surface area contributed by atoms with Crippen LogP contribution in [-0.4, -0.2) is 43.7 Å². The molecule has 2 heterocycles. The molecule has 9 rings (SSSR count). The summed E-state index contributed by atoms with van der Waals surface area (Å²) in [5, 5.41) is 0. The summed E-state index contributed by atoms with van der Waals surface area (Å²) in [5.74, 6) is -3.16. The third-order valence-corrected chi connectivity index (χ3v) is 13.3. The van der Waals surface area contributed by atoms with Crippen molar-refractivity contribution in [1.29, 1.82) is 0 Å². The third kappa shape index (κ3) is 6.74. The van der Waals surface area contributed by atoms with Gasteiger partial charge in [-0.3, -0.25) is 0 Å². The van der Waals surface area contributed by atoms with Crippen LogP contribution in [0, 0.1) is 0 Å². The van der Waals surface area contributed by atoms with Crippen molar-refractivity contribution in [3.05, 3.63) is 151 Å². The van der Waals surface area contributed by atoms with Crippen LogP contribution in [0.1, 0.15) is 66.5 Å². The summed E-state index contributed by atoms with van der Waals surface area (Å²) in [7, 11) is 0.961. The zero-order valence-corrected chi connectivity index (χ0v) is 35.7. The Hall–Kier alpha value is -5.25. The summed E-state index contributed by atoms with van der Waals surface area (Å²) < 4.78 is 57.8. The molecule has 2 aliphatic heterocycles. The van der Waals surface area contributed by atoms with Gasteiger partial charge >= 0.3 is 14.2 Å². The molecule has 0 atom stereocenters. The minimum atomic E-state index is -3.16. The lowest BCUT2D eigenvalue weighted by Gasteiger charge is -2.32. The second-order valence-electron chi connectivity index (χ2n) is 18.2. The fourth-order valence-electron chi connectivity index (χ4n) is 8.17. The van der Waals surface area contributed by atoms with Crippen LogP contribution in [0.2, 0.25) is 0 Å². The van der Waals surface area contributed by atoms with Crippen molar-refractivity contribution in [3.8, 4) is 22.3 Å². The molecule has 0 saturated carbocycles. The number of halogens is 2. The second-order valence-corrected chi connectivity index (χ2v) is 18.2. The molecule has 0 bridgehead atoms. The molecule has 0 unspecified atom stereocenters. The van der Waals surface area contributed by atoms with Crippen LogP contribution in [-0.2, 0) is 24.5 Å². The van der Waals surface area contributed by atoms with E-state index in [2.05, 4.69) is 41.3 Å². The Bertz CT molecular complexity index is 2530. The van der Waals surface area contributed by atoms with Gasteiger partial charge in [-0.25, -0.2) is 0 Å². The van der Waals surface area contributed by atoms with E-state index in [1.54, 1.807) is 24.3 Å². The number of alkyl halides is 2. The van der Waals surface area contributed by atoms with Gasteiger partial charge in [0.05, 0.1) is 22.4 Å². The summed E-state index contributed by atoms with van der Waals surface area (Å²) in [5.41, 5.74) is 7.37. The van der Waals surface area contributed by atoms with Crippen molar-refractivity contribution in [2.24, 2.45) is 0 Å². The first-order chi connectivity index (χ1) is 28.4. The second kappa shape index (κ2) is 14.2. The van der Waals surface area contributed by atoms with Crippen LogP contribution in [0.3, 0.4) is 0 Å². The number of hydrogen-bond acceptors (Lipinski definition) is 6. The predicted octanol–water partition coefficient (Wildman–Crippen LogP) is 11.3. The number of benzene rings is 6. The maximum absolute atomic E-state index is 16.3. The van der Waals surface area contributed by atoms with Gasteiger partial charge < -0.3 is 28.4 Å². The van der Waals surface area contributed by atoms with Crippen LogP contribution in [0.4, 0.5) is 37.2 Å². The van der Waals surface area contributed by atoms with Crippen molar-refractivity contribution in [1.82, 2.24) is 0 Å². The van der Waals surface area contributed by atoms with E-state index in [1.807, 2.05) is 146 Å². The molecule has 10 heteroatoms. The zero-order valence-electron chi connectivity index (χ0n) is 35.7. The Labute approximate surface area is 353 Å². The highest BCUT2D eigenvalue weighted by molar-refractivity contribution is 6.62. The number of fused-ring (bicyclic) bond motifs is 3. The van der Waals surface area contributed by atoms with Crippen LogP contribution in [0.15, 0.2) is 140 Å². The van der Waals surface area contributed by atoms with E-state index in [0.29, 0.717) is 11.1 Å². The molecule has 2 saturated heterocycles. The van der Waals surface area contributed by atoms with Crippen molar-refractivity contribution in [2.45, 2.75) is 83.7 Å². The molecule has 6 nitrogen and oxygen atoms in total. The molecule has 0 aromatic heterocycles. The van der Waals surface area contributed by atoms with Crippen molar-refractivity contribution in [2.75, 3.05) is 16.8 Å². The van der Waals surface area contributed by atoms with Crippen LogP contribution >= 0.6 is 0 Å². The molecular formula is C50H50B2F2N2O4. The molecule has 304 valence electrons. The third-order valence-electron chi connectivity index (χ3n) is 13.3. The van der Waals surface area contributed by atoms with Gasteiger partial charge in [-0.15, -0.1) is 0 Å². The quantitative estimate of drug-likeness (QED) is 0.143. The monoisotopic (exact) mass is 802 g/mol. The van der Waals surface area contributed by atoms with Gasteiger partial charge in [0.15, 0.2) is 0 Å². The Kier molecular flexibility index (Phi) is 9.48. The summed E-state index contributed by atoms with van der Waals surface area (Å²) in [6.45, 7) is 16.3. The van der Waals surface area contributed by atoms with E-state index in [-0.39, 0.29) is 11.1 Å². The summed E-state index contributed by atoms with van der Waals surface area (Å²) in [6.07, 6.45) is 0. The van der Waals surface area contributed by atoms with Gasteiger partial charge in [0, 0.05) is 46.6 Å². The van der Waals surface area contributed by atoms with Gasteiger partial charge in [0.1, 0.15) is 0 Å². The van der Waals surface area contributed by atoms with Crippen molar-refractivity contribution < 1.29 is 27.4 Å². The Morgan fingerprint density at radius 2 is 0.783 bits per heavy atom. The standard InChI is InChI=1S/C50H50B2F2N2O4/c1-46(2)47(3,4)58-51(57-46)35-17-23-37(24-18-35)55(9)40-27-29-44-42(31-40)43-32-41(28-30-45(43)50(44,53)54)56(38-21-15-34(16-22-38)33-13-11-10-12-14-33)39-25-19-36(20-26-39)52-59-48(5,6)49(7,8)60-52/h10-32H,1-9H3. The van der Waals surface area contributed by atoms with E-state index < -0.39 is 42.6 Å². The molecule has 6 aromatic rings. The normalized spacial score (nSPS) is 18.9. The summed E-state index contributed by atoms with van der Waals surface area (Å²) in [6, 6.07) is 45.1. The Balaban J connectivity index is 1.06. The van der Waals surface area contributed by atoms with Crippen LogP contribution in [0.25, 0.3) is 22.3 Å². The van der Waals surface area contributed by atoms with Crippen molar-refractivity contribution in [3.63, 3.8) is 0 Å². The fraction of sp³-hybridized carbons (Fsp3) is 0.280. The SMILES string of the molecule is CN(c1ccc(B2OC(C)(C)C(C)(C)O2)cc1)c1ccc2c(c1)-c1cc(N(c3ccc(B4OC(C)(C)C(C)(C)O4)cc3)c3ccc(-c4ccccc4)cc3)ccc1C2(F)F. The molecule has 0 N–H and O–H groups in total. The van der Waals surface area contributed by atoms with Gasteiger partial charge in [-0.05, 0) is 161 Å². The first-order valence-electron chi connectivity index (χ1n) is 20.6. The molecule has 2 fully saturated rings. The lowest BCUT2D eigenvalue weighted by Crippen LogP contribution is -2.41. The van der Waals surface area contributed by atoms with E-state index >= 15 is 8.78 Å². The highest BCUT2D eigenvalue weighted by atomic mass is 19.3. The van der Waals surface area contributed by atoms with Crippen LogP contribution < -0.4 is 20.7 Å². The highest BCUT2D eigenvalue weighted by Gasteiger charge is 2.53. The van der Waals surface area contributed by atoms with E-state index in [4.69, 9.17) is 18.6 Å². The summed E-state index contributed by atoms with van der Waals surface area (Å²) in [4.78, 5) is 4.12. The minimum absolute atomic E-state index is 0.00608. The van der Waals surface area contributed by atoms with Crippen molar-refractivity contribution >= 4 is 53.6 Å². The first-order valence-corrected chi connectivity index (χ1v) is 20.6. The van der Waals surface area contributed by atoms with Gasteiger partial charge in [-0.1, -0.05) is 66.7 Å². The zero-order chi connectivity index (χ0) is 42.4. The highest BCUT2D eigenvalue weighted by Crippen LogP contribution is 2.54. The maximum atomic E-state index is 16.3. The molecule has 0 spiro atoms. The van der Waals surface area contributed by atoms with E-state index in [9.17, 15) is 0 Å². The number of hydrogen-bond donors (Lipinski definition) is 0. The molecule has 3 aliphatic rings. The molecular weight excluding hydrogens is 752 g/mol. The Morgan fingerprint density at radius 3 is 1.25 bits per heavy atom. The Morgan fingerprint density at radius 1 is 0.417 bits per heavy atom. The number of nitrogens with zero attached hydrogens (tertiary/aromatic N) is 2. The predicted molar refractivity (Wildman–Crippen MR) is 241 cm³/mol. The minimum Gasteiger partial charge on any atom is -0.399 e. The van der Waals surface area contributed by atoms with Gasteiger partial charge in [0.2, 0.25) is 0 Å². The van der Waals surface area contributed by atoms with E-state index in [0.717, 1.165) is 50.5 Å². The van der Waals surface area contributed by atoms with E-state index in [1.165, 1.54) is 0 Å². The summed E-state index contributed by atoms with van der Waals surface area (Å²) >= 11 is 0. The largest absolute Gasteiger partial charge is 0.494 e. The number of anilines is 5.